The SMILES string of the molecule is COc1cccc2oc(-c3cnc4ccc(OCCC5CC5)nn34)cc12. The van der Waals surface area contributed by atoms with Crippen molar-refractivity contribution in [2.45, 2.75) is 19.3 Å². The summed E-state index contributed by atoms with van der Waals surface area (Å²) in [5.41, 5.74) is 2.30. The van der Waals surface area contributed by atoms with Gasteiger partial charge in [0.1, 0.15) is 17.0 Å². The van der Waals surface area contributed by atoms with Crippen molar-refractivity contribution in [3.8, 4) is 23.1 Å². The van der Waals surface area contributed by atoms with E-state index in [1.165, 1.54) is 12.8 Å². The molecule has 3 heterocycles. The fourth-order valence-corrected chi connectivity index (χ4v) is 3.18. The average molecular weight is 349 g/mol. The molecule has 5 rings (SSSR count). The van der Waals surface area contributed by atoms with Crippen molar-refractivity contribution in [3.63, 3.8) is 0 Å². The molecule has 1 aliphatic carbocycles. The number of benzene rings is 1. The summed E-state index contributed by atoms with van der Waals surface area (Å²) < 4.78 is 19.0. The number of imidazole rings is 1. The van der Waals surface area contributed by atoms with E-state index in [4.69, 9.17) is 13.9 Å². The Labute approximate surface area is 150 Å². The van der Waals surface area contributed by atoms with E-state index in [9.17, 15) is 0 Å². The maximum absolute atomic E-state index is 6.00. The van der Waals surface area contributed by atoms with Crippen molar-refractivity contribution in [1.29, 1.82) is 0 Å². The maximum Gasteiger partial charge on any atom is 0.231 e. The normalized spacial score (nSPS) is 14.2. The molecule has 4 aromatic rings. The van der Waals surface area contributed by atoms with E-state index in [0.29, 0.717) is 18.2 Å². The highest BCUT2D eigenvalue weighted by molar-refractivity contribution is 5.88. The topological polar surface area (TPSA) is 61.8 Å². The zero-order valence-corrected chi connectivity index (χ0v) is 14.5. The number of ether oxygens (including phenoxy) is 2. The molecule has 0 N–H and O–H groups in total. The van der Waals surface area contributed by atoms with Gasteiger partial charge in [-0.05, 0) is 36.6 Å². The van der Waals surface area contributed by atoms with Crippen LogP contribution in [0.2, 0.25) is 0 Å². The molecular weight excluding hydrogens is 330 g/mol. The molecule has 6 heteroatoms. The summed E-state index contributed by atoms with van der Waals surface area (Å²) in [5.74, 6) is 2.92. The monoisotopic (exact) mass is 349 g/mol. The Morgan fingerprint density at radius 2 is 2.15 bits per heavy atom. The largest absolute Gasteiger partial charge is 0.496 e. The smallest absolute Gasteiger partial charge is 0.231 e. The molecule has 0 atom stereocenters. The highest BCUT2D eigenvalue weighted by Gasteiger charge is 2.21. The number of rotatable bonds is 6. The first-order valence-electron chi connectivity index (χ1n) is 8.86. The summed E-state index contributed by atoms with van der Waals surface area (Å²) in [4.78, 5) is 4.42. The molecule has 1 saturated carbocycles. The van der Waals surface area contributed by atoms with Crippen LogP contribution in [0.25, 0.3) is 28.1 Å². The van der Waals surface area contributed by atoms with Gasteiger partial charge in [-0.2, -0.15) is 0 Å². The van der Waals surface area contributed by atoms with Gasteiger partial charge in [-0.15, -0.1) is 5.10 Å². The van der Waals surface area contributed by atoms with Gasteiger partial charge in [-0.3, -0.25) is 0 Å². The quantitative estimate of drug-likeness (QED) is 0.518. The lowest BCUT2D eigenvalue weighted by Gasteiger charge is -2.05. The minimum absolute atomic E-state index is 0.603. The summed E-state index contributed by atoms with van der Waals surface area (Å²) in [6.45, 7) is 0.703. The lowest BCUT2D eigenvalue weighted by atomic mass is 10.2. The first kappa shape index (κ1) is 15.3. The van der Waals surface area contributed by atoms with Crippen LogP contribution in [0.4, 0.5) is 0 Å². The molecular formula is C20H19N3O3. The van der Waals surface area contributed by atoms with Gasteiger partial charge in [0.05, 0.1) is 25.3 Å². The Hall–Kier alpha value is -3.02. The van der Waals surface area contributed by atoms with Crippen LogP contribution in [0, 0.1) is 5.92 Å². The Balaban J connectivity index is 1.51. The summed E-state index contributed by atoms with van der Waals surface area (Å²) in [6.07, 6.45) is 5.52. The van der Waals surface area contributed by atoms with E-state index >= 15 is 0 Å². The number of methoxy groups -OCH3 is 1. The van der Waals surface area contributed by atoms with Crippen LogP contribution in [0.15, 0.2) is 47.0 Å². The fourth-order valence-electron chi connectivity index (χ4n) is 3.18. The molecule has 3 aromatic heterocycles. The van der Waals surface area contributed by atoms with E-state index in [0.717, 1.165) is 40.4 Å². The Morgan fingerprint density at radius 3 is 3.00 bits per heavy atom. The van der Waals surface area contributed by atoms with Gasteiger partial charge < -0.3 is 13.9 Å². The number of furan rings is 1. The van der Waals surface area contributed by atoms with Gasteiger partial charge >= 0.3 is 0 Å². The van der Waals surface area contributed by atoms with Gasteiger partial charge in [-0.25, -0.2) is 9.50 Å². The lowest BCUT2D eigenvalue weighted by molar-refractivity contribution is 0.287. The molecule has 1 fully saturated rings. The third kappa shape index (κ3) is 2.67. The van der Waals surface area contributed by atoms with Gasteiger partial charge in [-0.1, -0.05) is 18.9 Å². The minimum Gasteiger partial charge on any atom is -0.496 e. The molecule has 132 valence electrons. The molecule has 1 aromatic carbocycles. The van der Waals surface area contributed by atoms with E-state index in [1.807, 2.05) is 36.4 Å². The molecule has 0 aliphatic heterocycles. The van der Waals surface area contributed by atoms with Gasteiger partial charge in [0.25, 0.3) is 0 Å². The second kappa shape index (κ2) is 6.05. The molecule has 6 nitrogen and oxygen atoms in total. The maximum atomic E-state index is 6.00. The van der Waals surface area contributed by atoms with Crippen molar-refractivity contribution < 1.29 is 13.9 Å². The summed E-state index contributed by atoms with van der Waals surface area (Å²) in [6, 6.07) is 11.5. The number of hydrogen-bond donors (Lipinski definition) is 0. The Morgan fingerprint density at radius 1 is 1.23 bits per heavy atom. The highest BCUT2D eigenvalue weighted by atomic mass is 16.5. The second-order valence-electron chi connectivity index (χ2n) is 6.65. The average Bonchev–Trinajstić information content (AvgIpc) is 3.23. The molecule has 0 amide bonds. The van der Waals surface area contributed by atoms with E-state index < -0.39 is 0 Å². The number of hydrogen-bond acceptors (Lipinski definition) is 5. The predicted octanol–water partition coefficient (Wildman–Crippen LogP) is 4.33. The zero-order valence-electron chi connectivity index (χ0n) is 14.5. The molecule has 0 radical (unpaired) electrons. The molecule has 0 unspecified atom stereocenters. The summed E-state index contributed by atoms with van der Waals surface area (Å²) in [7, 11) is 1.66. The van der Waals surface area contributed by atoms with E-state index in [-0.39, 0.29) is 0 Å². The van der Waals surface area contributed by atoms with Crippen LogP contribution in [-0.2, 0) is 0 Å². The molecule has 26 heavy (non-hydrogen) atoms. The highest BCUT2D eigenvalue weighted by Crippen LogP contribution is 2.34. The van der Waals surface area contributed by atoms with E-state index in [2.05, 4.69) is 10.1 Å². The first-order valence-corrected chi connectivity index (χ1v) is 8.86. The van der Waals surface area contributed by atoms with Crippen molar-refractivity contribution in [2.75, 3.05) is 13.7 Å². The Kier molecular flexibility index (Phi) is 3.55. The van der Waals surface area contributed by atoms with E-state index in [1.54, 1.807) is 17.8 Å². The van der Waals surface area contributed by atoms with Crippen LogP contribution in [0.3, 0.4) is 0 Å². The van der Waals surface area contributed by atoms with Crippen molar-refractivity contribution >= 4 is 16.6 Å². The number of aromatic nitrogens is 3. The van der Waals surface area contributed by atoms with Crippen molar-refractivity contribution in [2.24, 2.45) is 5.92 Å². The predicted molar refractivity (Wildman–Crippen MR) is 97.6 cm³/mol. The second-order valence-corrected chi connectivity index (χ2v) is 6.65. The van der Waals surface area contributed by atoms with Crippen molar-refractivity contribution in [3.05, 3.63) is 42.6 Å². The fraction of sp³-hybridized carbons (Fsp3) is 0.300. The number of nitrogens with zero attached hydrogens (tertiary/aromatic N) is 3. The third-order valence-electron chi connectivity index (χ3n) is 4.80. The number of fused-ring (bicyclic) bond motifs is 2. The molecule has 0 saturated heterocycles. The first-order chi connectivity index (χ1) is 12.8. The van der Waals surface area contributed by atoms with Gasteiger partial charge in [0, 0.05) is 6.07 Å². The Bertz CT molecular complexity index is 1080. The van der Waals surface area contributed by atoms with Crippen LogP contribution in [0.1, 0.15) is 19.3 Å². The van der Waals surface area contributed by atoms with Crippen molar-refractivity contribution in [1.82, 2.24) is 14.6 Å². The molecule has 0 spiro atoms. The lowest BCUT2D eigenvalue weighted by Crippen LogP contribution is -2.03. The molecule has 0 bridgehead atoms. The summed E-state index contributed by atoms with van der Waals surface area (Å²) in [5, 5.41) is 5.51. The van der Waals surface area contributed by atoms with Crippen LogP contribution in [0.5, 0.6) is 11.6 Å². The standard InChI is InChI=1S/C20H19N3O3/c1-24-16-3-2-4-17-14(16)11-18(26-17)15-12-21-19-7-8-20(22-23(15)19)25-10-9-13-5-6-13/h2-4,7-8,11-13H,5-6,9-10H2,1H3. The van der Waals surface area contributed by atoms with Crippen LogP contribution >= 0.6 is 0 Å². The zero-order chi connectivity index (χ0) is 17.5. The van der Waals surface area contributed by atoms with Gasteiger partial charge in [0.2, 0.25) is 5.88 Å². The molecule has 1 aliphatic rings. The minimum atomic E-state index is 0.603. The van der Waals surface area contributed by atoms with Crippen LogP contribution in [-0.4, -0.2) is 28.3 Å². The van der Waals surface area contributed by atoms with Gasteiger partial charge in [0.15, 0.2) is 11.4 Å². The third-order valence-corrected chi connectivity index (χ3v) is 4.80. The summed E-state index contributed by atoms with van der Waals surface area (Å²) >= 11 is 0. The van der Waals surface area contributed by atoms with Crippen LogP contribution < -0.4 is 9.47 Å².